The zero-order chi connectivity index (χ0) is 23.6. The van der Waals surface area contributed by atoms with Crippen molar-refractivity contribution in [2.75, 3.05) is 13.2 Å². The molecule has 0 saturated carbocycles. The van der Waals surface area contributed by atoms with Crippen LogP contribution in [0, 0.1) is 11.8 Å². The Morgan fingerprint density at radius 2 is 1.94 bits per heavy atom. The average molecular weight is 455 g/mol. The SMILES string of the molecule is C=C1C(=O)O[C@@H]2CC(C)=C([C@@H](C)CCCO[C@@H]3O[C@@H](COC(C)=O)[C@@H](O)[C@H](O)[C@H]3O)C[C@@H]12. The van der Waals surface area contributed by atoms with Gasteiger partial charge < -0.3 is 34.3 Å². The van der Waals surface area contributed by atoms with Gasteiger partial charge in [-0.05, 0) is 32.1 Å². The second-order valence-corrected chi connectivity index (χ2v) is 9.02. The van der Waals surface area contributed by atoms with Gasteiger partial charge in [0, 0.05) is 31.4 Å². The lowest BCUT2D eigenvalue weighted by molar-refractivity contribution is -0.301. The topological polar surface area (TPSA) is 132 Å². The number of aliphatic hydroxyl groups is 3. The molecule has 0 aromatic rings. The van der Waals surface area contributed by atoms with E-state index in [-0.39, 0.29) is 37.1 Å². The first-order valence-electron chi connectivity index (χ1n) is 11.1. The number of esters is 2. The number of carbonyl (C=O) groups is 2. The molecule has 0 bridgehead atoms. The number of carbonyl (C=O) groups excluding carboxylic acids is 2. The van der Waals surface area contributed by atoms with E-state index in [1.165, 1.54) is 18.1 Å². The van der Waals surface area contributed by atoms with Crippen LogP contribution in [0.15, 0.2) is 23.3 Å². The molecule has 32 heavy (non-hydrogen) atoms. The van der Waals surface area contributed by atoms with Crippen LogP contribution in [0.4, 0.5) is 0 Å². The summed E-state index contributed by atoms with van der Waals surface area (Å²) in [6, 6.07) is 0. The minimum Gasteiger partial charge on any atom is -0.463 e. The summed E-state index contributed by atoms with van der Waals surface area (Å²) in [5.41, 5.74) is 3.13. The quantitative estimate of drug-likeness (QED) is 0.213. The van der Waals surface area contributed by atoms with Gasteiger partial charge in [0.1, 0.15) is 37.1 Å². The number of allylic oxidation sites excluding steroid dienone is 1. The van der Waals surface area contributed by atoms with Crippen LogP contribution in [-0.4, -0.2) is 77.3 Å². The van der Waals surface area contributed by atoms with E-state index in [9.17, 15) is 24.9 Å². The Morgan fingerprint density at radius 3 is 2.62 bits per heavy atom. The summed E-state index contributed by atoms with van der Waals surface area (Å²) in [6.07, 6.45) is -3.48. The molecular formula is C23H34O9. The van der Waals surface area contributed by atoms with Crippen LogP contribution < -0.4 is 0 Å². The van der Waals surface area contributed by atoms with Crippen LogP contribution in [0.3, 0.4) is 0 Å². The number of fused-ring (bicyclic) bond motifs is 1. The first-order valence-corrected chi connectivity index (χ1v) is 11.1. The number of ether oxygens (including phenoxy) is 4. The van der Waals surface area contributed by atoms with E-state index in [0.29, 0.717) is 12.0 Å². The maximum Gasteiger partial charge on any atom is 0.334 e. The molecule has 0 radical (unpaired) electrons. The van der Waals surface area contributed by atoms with Gasteiger partial charge in [0.25, 0.3) is 0 Å². The van der Waals surface area contributed by atoms with Crippen LogP contribution in [0.25, 0.3) is 0 Å². The Balaban J connectivity index is 1.47. The molecular weight excluding hydrogens is 420 g/mol. The fourth-order valence-electron chi connectivity index (χ4n) is 4.73. The number of hydrogen-bond donors (Lipinski definition) is 3. The summed E-state index contributed by atoms with van der Waals surface area (Å²) in [7, 11) is 0. The van der Waals surface area contributed by atoms with Crippen molar-refractivity contribution >= 4 is 11.9 Å². The fourth-order valence-corrected chi connectivity index (χ4v) is 4.73. The Kier molecular flexibility index (Phi) is 8.11. The summed E-state index contributed by atoms with van der Waals surface area (Å²) < 4.78 is 21.4. The number of aliphatic hydroxyl groups excluding tert-OH is 3. The van der Waals surface area contributed by atoms with E-state index in [1.54, 1.807) is 0 Å². The van der Waals surface area contributed by atoms with Crippen molar-refractivity contribution in [3.63, 3.8) is 0 Å². The highest BCUT2D eigenvalue weighted by molar-refractivity contribution is 5.91. The molecule has 3 rings (SSSR count). The fraction of sp³-hybridized carbons (Fsp3) is 0.739. The Bertz CT molecular complexity index is 761. The molecule has 0 spiro atoms. The van der Waals surface area contributed by atoms with E-state index in [4.69, 9.17) is 18.9 Å². The van der Waals surface area contributed by atoms with Crippen molar-refractivity contribution < 1.29 is 43.9 Å². The molecule has 0 aromatic heterocycles. The third-order valence-corrected chi connectivity index (χ3v) is 6.69. The van der Waals surface area contributed by atoms with Crippen molar-refractivity contribution in [3.8, 4) is 0 Å². The number of rotatable bonds is 8. The second-order valence-electron chi connectivity index (χ2n) is 9.02. The zero-order valence-electron chi connectivity index (χ0n) is 18.9. The van der Waals surface area contributed by atoms with Crippen molar-refractivity contribution in [1.29, 1.82) is 0 Å². The minimum absolute atomic E-state index is 0.0488. The largest absolute Gasteiger partial charge is 0.463 e. The predicted molar refractivity (Wildman–Crippen MR) is 112 cm³/mol. The molecule has 0 unspecified atom stereocenters. The zero-order valence-corrected chi connectivity index (χ0v) is 18.9. The van der Waals surface area contributed by atoms with Gasteiger partial charge in [-0.25, -0.2) is 4.79 Å². The maximum absolute atomic E-state index is 11.8. The standard InChI is InChI=1S/C23H34O9/c1-11(15-9-16-13(3)22(28)31-17(16)8-12(15)2)6-5-7-29-23-21(27)20(26)19(25)18(32-23)10-30-14(4)24/h11,16-21,23,25-27H,3,5-10H2,1-2,4H3/t11-,16-,17+,18-,19+,20-,21+,23+/m0/s1. The second kappa shape index (κ2) is 10.4. The van der Waals surface area contributed by atoms with Crippen molar-refractivity contribution in [1.82, 2.24) is 0 Å². The van der Waals surface area contributed by atoms with Crippen LogP contribution in [-0.2, 0) is 28.5 Å². The smallest absolute Gasteiger partial charge is 0.334 e. The lowest BCUT2D eigenvalue weighted by Gasteiger charge is -2.40. The highest BCUT2D eigenvalue weighted by atomic mass is 16.7. The molecule has 9 nitrogen and oxygen atoms in total. The van der Waals surface area contributed by atoms with Crippen LogP contribution in [0.1, 0.15) is 46.5 Å². The molecule has 2 saturated heterocycles. The van der Waals surface area contributed by atoms with Crippen LogP contribution >= 0.6 is 0 Å². The highest BCUT2D eigenvalue weighted by Crippen LogP contribution is 2.43. The lowest BCUT2D eigenvalue weighted by Crippen LogP contribution is -2.59. The van der Waals surface area contributed by atoms with E-state index < -0.39 is 36.7 Å². The average Bonchev–Trinajstić information content (AvgIpc) is 3.01. The van der Waals surface area contributed by atoms with Gasteiger partial charge >= 0.3 is 11.9 Å². The molecule has 0 amide bonds. The van der Waals surface area contributed by atoms with Gasteiger partial charge in [-0.2, -0.15) is 0 Å². The molecule has 2 heterocycles. The third-order valence-electron chi connectivity index (χ3n) is 6.69. The molecule has 9 heteroatoms. The summed E-state index contributed by atoms with van der Waals surface area (Å²) in [5.74, 6) is -0.499. The first-order chi connectivity index (χ1) is 15.1. The molecule has 1 aliphatic carbocycles. The van der Waals surface area contributed by atoms with Crippen LogP contribution in [0.2, 0.25) is 0 Å². The van der Waals surface area contributed by atoms with Crippen molar-refractivity contribution in [2.24, 2.45) is 11.8 Å². The van der Waals surface area contributed by atoms with E-state index >= 15 is 0 Å². The maximum atomic E-state index is 11.8. The molecule has 3 N–H and O–H groups in total. The monoisotopic (exact) mass is 454 g/mol. The molecule has 2 fully saturated rings. The lowest BCUT2D eigenvalue weighted by atomic mass is 9.75. The summed E-state index contributed by atoms with van der Waals surface area (Å²) >= 11 is 0. The molecule has 8 atom stereocenters. The Hall–Kier alpha value is -1.78. The first kappa shape index (κ1) is 24.9. The molecule has 180 valence electrons. The Labute approximate surface area is 188 Å². The molecule has 2 aliphatic heterocycles. The normalized spacial score (nSPS) is 36.0. The number of hydrogen-bond acceptors (Lipinski definition) is 9. The van der Waals surface area contributed by atoms with E-state index in [2.05, 4.69) is 20.4 Å². The van der Waals surface area contributed by atoms with Gasteiger partial charge in [-0.3, -0.25) is 4.79 Å². The molecule has 3 aliphatic rings. The molecule has 0 aromatic carbocycles. The van der Waals surface area contributed by atoms with Crippen molar-refractivity contribution in [2.45, 2.75) is 83.3 Å². The highest BCUT2D eigenvalue weighted by Gasteiger charge is 2.45. The minimum atomic E-state index is -1.47. The van der Waals surface area contributed by atoms with E-state index in [1.807, 2.05) is 0 Å². The van der Waals surface area contributed by atoms with Gasteiger partial charge in [0.05, 0.1) is 0 Å². The van der Waals surface area contributed by atoms with Crippen LogP contribution in [0.5, 0.6) is 0 Å². The van der Waals surface area contributed by atoms with Gasteiger partial charge in [-0.15, -0.1) is 0 Å². The predicted octanol–water partition coefficient (Wildman–Crippen LogP) is 0.998. The third kappa shape index (κ3) is 5.40. The van der Waals surface area contributed by atoms with Gasteiger partial charge in [-0.1, -0.05) is 24.6 Å². The van der Waals surface area contributed by atoms with Gasteiger partial charge in [0.15, 0.2) is 6.29 Å². The van der Waals surface area contributed by atoms with Gasteiger partial charge in [0.2, 0.25) is 0 Å². The Morgan fingerprint density at radius 1 is 1.22 bits per heavy atom. The summed E-state index contributed by atoms with van der Waals surface area (Å²) in [6.45, 7) is 9.37. The van der Waals surface area contributed by atoms with Crippen molar-refractivity contribution in [3.05, 3.63) is 23.3 Å². The van der Waals surface area contributed by atoms with E-state index in [0.717, 1.165) is 19.3 Å². The summed E-state index contributed by atoms with van der Waals surface area (Å²) in [4.78, 5) is 22.8. The summed E-state index contributed by atoms with van der Waals surface area (Å²) in [5, 5.41) is 30.3.